The Morgan fingerprint density at radius 2 is 1.62 bits per heavy atom. The van der Waals surface area contributed by atoms with E-state index in [9.17, 15) is 0 Å². The van der Waals surface area contributed by atoms with Gasteiger partial charge in [-0.25, -0.2) is 0 Å². The number of aryl methyl sites for hydroxylation is 2. The second kappa shape index (κ2) is 11.2. The number of nitrogens with two attached hydrogens (primary N) is 1. The second-order valence-corrected chi connectivity index (χ2v) is 3.04. The molecule has 0 aliphatic rings. The van der Waals surface area contributed by atoms with Gasteiger partial charge in [-0.05, 0) is 0 Å². The van der Waals surface area contributed by atoms with Crippen molar-refractivity contribution in [2.45, 2.75) is 13.8 Å². The van der Waals surface area contributed by atoms with Crippen molar-refractivity contribution in [3.05, 3.63) is 39.9 Å². The van der Waals surface area contributed by atoms with Crippen LogP contribution in [0.25, 0.3) is 6.15 Å². The van der Waals surface area contributed by atoms with Crippen LogP contribution in [-0.2, 0) is 26.2 Å². The van der Waals surface area contributed by atoms with Gasteiger partial charge in [0, 0.05) is 0 Å². The molecule has 0 atom stereocenters. The first-order chi connectivity index (χ1) is 4.18. The van der Waals surface area contributed by atoms with E-state index in [-0.39, 0.29) is 57.2 Å². The van der Waals surface area contributed by atoms with Gasteiger partial charge >= 0.3 is 26.2 Å². The van der Waals surface area contributed by atoms with E-state index in [2.05, 4.69) is 35.0 Å². The summed E-state index contributed by atoms with van der Waals surface area (Å²) >= 11 is 3.36. The molecule has 1 nitrogen and oxygen atoms in total. The average Bonchev–Trinajstić information content (AvgIpc) is 1.59. The first-order valence-electron chi connectivity index (χ1n) is 2.84. The number of halogens is 3. The Kier molecular flexibility index (Phi) is 20.4. The van der Waals surface area contributed by atoms with Crippen LogP contribution in [0.4, 0.5) is 0 Å². The third-order valence-corrected chi connectivity index (χ3v) is 1.54. The van der Waals surface area contributed by atoms with Gasteiger partial charge in [0.1, 0.15) is 0 Å². The molecule has 0 aliphatic carbocycles. The number of hydrogen-bond acceptors (Lipinski definition) is 0. The monoisotopic (exact) mass is 361 g/mol. The largest absolute Gasteiger partial charge is 2.00 e. The van der Waals surface area contributed by atoms with Crippen molar-refractivity contribution in [2.75, 3.05) is 0 Å². The summed E-state index contributed by atoms with van der Waals surface area (Å²) in [4.78, 5) is 0. The molecule has 0 saturated heterocycles. The van der Waals surface area contributed by atoms with Gasteiger partial charge in [0.25, 0.3) is 0 Å². The molecule has 0 amide bonds. The molecule has 0 unspecified atom stereocenters. The summed E-state index contributed by atoms with van der Waals surface area (Å²) in [5.41, 5.74) is 2.46. The minimum Gasteiger partial charge on any atom is -0.693 e. The van der Waals surface area contributed by atoms with Crippen molar-refractivity contribution in [3.63, 3.8) is 0 Å². The van der Waals surface area contributed by atoms with E-state index < -0.39 is 0 Å². The van der Waals surface area contributed by atoms with E-state index in [1.807, 2.05) is 13.0 Å². The van der Waals surface area contributed by atoms with Gasteiger partial charge in [-0.15, -0.1) is 24.8 Å². The molecule has 1 aromatic carbocycles. The molecule has 0 radical (unpaired) electrons. The maximum absolute atomic E-state index is 3.36. The van der Waals surface area contributed by atoms with E-state index in [1.165, 1.54) is 11.1 Å². The summed E-state index contributed by atoms with van der Waals surface area (Å²) < 4.78 is 1.04. The summed E-state index contributed by atoms with van der Waals surface area (Å²) in [7, 11) is 0. The molecule has 1 aromatic rings. The number of benzene rings is 1. The summed E-state index contributed by atoms with van der Waals surface area (Å²) in [5.74, 6) is 0. The summed E-state index contributed by atoms with van der Waals surface area (Å²) in [6.45, 7) is 4.11. The first kappa shape index (κ1) is 23.7. The molecule has 0 fully saturated rings. The van der Waals surface area contributed by atoms with Gasteiger partial charge in [-0.2, -0.15) is 29.3 Å². The molecule has 0 spiro atoms. The Bertz CT molecular complexity index is 183. The maximum Gasteiger partial charge on any atom is 2.00 e. The summed E-state index contributed by atoms with van der Waals surface area (Å²) in [5, 5.41) is 0. The molecule has 1 rings (SSSR count). The zero-order valence-electron chi connectivity index (χ0n) is 7.43. The van der Waals surface area contributed by atoms with E-state index in [0.717, 1.165) is 4.47 Å². The van der Waals surface area contributed by atoms with Crippen LogP contribution < -0.4 is 0 Å². The molecule has 0 saturated carbocycles. The van der Waals surface area contributed by atoms with Crippen LogP contribution in [0.1, 0.15) is 11.1 Å². The predicted molar refractivity (Wildman–Crippen MR) is 62.2 cm³/mol. The van der Waals surface area contributed by atoms with Crippen LogP contribution in [0.5, 0.6) is 0 Å². The molecule has 74 valence electrons. The Balaban J connectivity index is -0.000000101. The fourth-order valence-electron chi connectivity index (χ4n) is 0.844. The zero-order chi connectivity index (χ0) is 6.85. The molecule has 0 aromatic heterocycles. The van der Waals surface area contributed by atoms with Crippen LogP contribution >= 0.6 is 40.7 Å². The number of rotatable bonds is 0. The van der Waals surface area contributed by atoms with Crippen LogP contribution in [0, 0.1) is 19.9 Å². The van der Waals surface area contributed by atoms with Gasteiger partial charge in [-0.1, -0.05) is 34.3 Å². The Labute approximate surface area is 120 Å². The Morgan fingerprint density at radius 3 is 1.92 bits per heavy atom. The third-order valence-electron chi connectivity index (χ3n) is 1.12. The van der Waals surface area contributed by atoms with Gasteiger partial charge in [0.05, 0.1) is 0 Å². The fraction of sp³-hybridized carbons (Fsp3) is 0.250. The summed E-state index contributed by atoms with van der Waals surface area (Å²) in [6.07, 6.45) is 0. The minimum atomic E-state index is 0. The summed E-state index contributed by atoms with van der Waals surface area (Å²) in [6, 6.07) is 7.28. The van der Waals surface area contributed by atoms with E-state index in [0.29, 0.717) is 0 Å². The zero-order valence-corrected chi connectivity index (χ0v) is 13.1. The third kappa shape index (κ3) is 9.43. The van der Waals surface area contributed by atoms with Gasteiger partial charge in [-0.3, -0.25) is 0 Å². The van der Waals surface area contributed by atoms with Crippen LogP contribution in [0.3, 0.4) is 0 Å². The van der Waals surface area contributed by atoms with E-state index >= 15 is 0 Å². The van der Waals surface area contributed by atoms with Gasteiger partial charge in [0.15, 0.2) is 0 Å². The van der Waals surface area contributed by atoms with Crippen molar-refractivity contribution in [2.24, 2.45) is 0 Å². The van der Waals surface area contributed by atoms with Gasteiger partial charge < -0.3 is 6.15 Å². The van der Waals surface area contributed by atoms with Crippen LogP contribution in [0.2, 0.25) is 0 Å². The smallest absolute Gasteiger partial charge is 0.693 e. The first-order valence-corrected chi connectivity index (χ1v) is 3.64. The topological polar surface area (TPSA) is 33.5 Å². The van der Waals surface area contributed by atoms with Gasteiger partial charge in [0.2, 0.25) is 0 Å². The minimum absolute atomic E-state index is 0. The maximum atomic E-state index is 3.36. The predicted octanol–water partition coefficient (Wildman–Crippen LogP) is 4.42. The molecular formula is C8H12BrCl2NZr. The van der Waals surface area contributed by atoms with Crippen molar-refractivity contribution in [3.8, 4) is 0 Å². The number of hydrogen-bond donors (Lipinski definition) is 0. The fourth-order valence-corrected chi connectivity index (χ4v) is 1.52. The Morgan fingerprint density at radius 1 is 1.15 bits per heavy atom. The van der Waals surface area contributed by atoms with Crippen molar-refractivity contribution in [1.29, 1.82) is 0 Å². The van der Waals surface area contributed by atoms with E-state index in [4.69, 9.17) is 0 Å². The van der Waals surface area contributed by atoms with Crippen molar-refractivity contribution in [1.82, 2.24) is 0 Å². The van der Waals surface area contributed by atoms with Crippen molar-refractivity contribution >= 4 is 40.7 Å². The molecule has 0 aliphatic heterocycles. The standard InChI is InChI=1S/C8H8Br.2ClH.H2N.Zr/c1-6-3-7(2)5-8(9)4-6;;;;/h3-4H,1-2H3;2*1H;1H2;/q-1;;;-1;+2. The normalized spacial score (nSPS) is 6.69. The van der Waals surface area contributed by atoms with Crippen LogP contribution in [-0.4, -0.2) is 0 Å². The van der Waals surface area contributed by atoms with Crippen LogP contribution in [0.15, 0.2) is 16.6 Å². The molecule has 5 heteroatoms. The molecule has 2 N–H and O–H groups in total. The van der Waals surface area contributed by atoms with E-state index in [1.54, 1.807) is 0 Å². The second-order valence-electron chi connectivity index (χ2n) is 2.19. The van der Waals surface area contributed by atoms with Crippen molar-refractivity contribution < 1.29 is 26.2 Å². The Hall–Kier alpha value is 1.12. The molecule has 13 heavy (non-hydrogen) atoms. The quantitative estimate of drug-likeness (QED) is 0.611. The average molecular weight is 364 g/mol. The SMILES string of the molecule is Cc1[c-]c(Br)cc(C)c1.Cl.Cl.[NH2-].[Zr+2]. The molecule has 0 heterocycles. The molecular weight excluding hydrogens is 352 g/mol. The molecule has 0 bridgehead atoms.